The summed E-state index contributed by atoms with van der Waals surface area (Å²) in [5, 5.41) is 0. The largest absolute Gasteiger partial charge is 0.454 e. The summed E-state index contributed by atoms with van der Waals surface area (Å²) in [4.78, 5) is 4.47. The topological polar surface area (TPSA) is 82.5 Å². The summed E-state index contributed by atoms with van der Waals surface area (Å²) in [5.74, 6) is 2.37. The number of nitrogens with zero attached hydrogens (tertiary/aromatic N) is 2. The van der Waals surface area contributed by atoms with E-state index in [0.29, 0.717) is 18.0 Å². The first-order chi connectivity index (χ1) is 11.1. The third-order valence-electron chi connectivity index (χ3n) is 4.25. The predicted molar refractivity (Wildman–Crippen MR) is 81.8 cm³/mol. The Bertz CT molecular complexity index is 831. The van der Waals surface area contributed by atoms with Crippen LogP contribution in [0.25, 0.3) is 0 Å². The molecule has 0 unspecified atom stereocenters. The molecule has 1 N–H and O–H groups in total. The Morgan fingerprint density at radius 2 is 2.17 bits per heavy atom. The molecule has 122 valence electrons. The van der Waals surface area contributed by atoms with Crippen LogP contribution in [0, 0.1) is 5.92 Å². The Balaban J connectivity index is 1.44. The summed E-state index contributed by atoms with van der Waals surface area (Å²) >= 11 is 0. The minimum Gasteiger partial charge on any atom is -0.454 e. The van der Waals surface area contributed by atoms with Gasteiger partial charge in [-0.1, -0.05) is 0 Å². The summed E-state index contributed by atoms with van der Waals surface area (Å²) in [7, 11) is -3.56. The van der Waals surface area contributed by atoms with Crippen LogP contribution in [-0.2, 0) is 23.0 Å². The van der Waals surface area contributed by atoms with Crippen LogP contribution >= 0.6 is 0 Å². The minimum absolute atomic E-state index is 0.127. The van der Waals surface area contributed by atoms with Crippen molar-refractivity contribution in [2.24, 2.45) is 5.92 Å². The highest BCUT2D eigenvalue weighted by Gasteiger charge is 2.23. The molecule has 0 radical (unpaired) electrons. The molecule has 2 aliphatic heterocycles. The summed E-state index contributed by atoms with van der Waals surface area (Å²) in [6.07, 6.45) is 5.53. The van der Waals surface area contributed by atoms with Crippen molar-refractivity contribution in [1.29, 1.82) is 0 Å². The van der Waals surface area contributed by atoms with Gasteiger partial charge in [0.05, 0.1) is 4.90 Å². The van der Waals surface area contributed by atoms with Crippen molar-refractivity contribution in [3.05, 3.63) is 36.4 Å². The Labute approximate surface area is 134 Å². The van der Waals surface area contributed by atoms with E-state index in [9.17, 15) is 8.42 Å². The van der Waals surface area contributed by atoms with Crippen molar-refractivity contribution < 1.29 is 17.9 Å². The molecule has 0 bridgehead atoms. The molecular weight excluding hydrogens is 318 g/mol. The average molecular weight is 335 g/mol. The summed E-state index contributed by atoms with van der Waals surface area (Å²) < 4.78 is 40.1. The van der Waals surface area contributed by atoms with Gasteiger partial charge in [0.1, 0.15) is 5.82 Å². The second-order valence-corrected chi connectivity index (χ2v) is 7.53. The van der Waals surface area contributed by atoms with Crippen LogP contribution in [0.1, 0.15) is 12.2 Å². The highest BCUT2D eigenvalue weighted by Crippen LogP contribution is 2.33. The summed E-state index contributed by atoms with van der Waals surface area (Å²) in [6, 6.07) is 4.65. The van der Waals surface area contributed by atoms with Crippen LogP contribution in [-0.4, -0.2) is 31.3 Å². The molecule has 1 atom stereocenters. The van der Waals surface area contributed by atoms with Gasteiger partial charge in [0.15, 0.2) is 11.5 Å². The lowest BCUT2D eigenvalue weighted by Gasteiger charge is -2.23. The highest BCUT2D eigenvalue weighted by atomic mass is 32.2. The Hall–Kier alpha value is -2.06. The van der Waals surface area contributed by atoms with Crippen LogP contribution in [0.5, 0.6) is 11.5 Å². The van der Waals surface area contributed by atoms with Gasteiger partial charge in [-0.2, -0.15) is 0 Å². The number of hydrogen-bond acceptors (Lipinski definition) is 5. The lowest BCUT2D eigenvalue weighted by Crippen LogP contribution is -2.33. The number of sulfonamides is 1. The summed E-state index contributed by atoms with van der Waals surface area (Å²) in [5.41, 5.74) is 0. The number of imidazole rings is 1. The molecule has 4 rings (SSSR count). The number of ether oxygens (including phenoxy) is 2. The molecule has 0 fully saturated rings. The molecule has 2 aromatic rings. The Kier molecular flexibility index (Phi) is 3.50. The van der Waals surface area contributed by atoms with Crippen LogP contribution < -0.4 is 14.2 Å². The first kappa shape index (κ1) is 14.5. The van der Waals surface area contributed by atoms with Gasteiger partial charge in [0, 0.05) is 38.0 Å². The molecule has 1 aromatic heterocycles. The third kappa shape index (κ3) is 2.79. The van der Waals surface area contributed by atoms with Gasteiger partial charge < -0.3 is 14.0 Å². The summed E-state index contributed by atoms with van der Waals surface area (Å²) in [6.45, 7) is 1.33. The van der Waals surface area contributed by atoms with Crippen molar-refractivity contribution >= 4 is 10.0 Å². The number of aryl methyl sites for hydroxylation is 1. The molecular formula is C15H17N3O4S. The van der Waals surface area contributed by atoms with Crippen molar-refractivity contribution in [3.63, 3.8) is 0 Å². The van der Waals surface area contributed by atoms with E-state index < -0.39 is 10.0 Å². The second-order valence-electron chi connectivity index (χ2n) is 5.77. The van der Waals surface area contributed by atoms with E-state index in [2.05, 4.69) is 14.3 Å². The van der Waals surface area contributed by atoms with Gasteiger partial charge >= 0.3 is 0 Å². The smallest absolute Gasteiger partial charge is 0.240 e. The van der Waals surface area contributed by atoms with E-state index in [1.54, 1.807) is 12.3 Å². The number of nitrogens with one attached hydrogen (secondary N) is 1. The monoisotopic (exact) mass is 335 g/mol. The number of benzene rings is 1. The van der Waals surface area contributed by atoms with Gasteiger partial charge in [-0.3, -0.25) is 0 Å². The molecule has 0 saturated heterocycles. The average Bonchev–Trinajstić information content (AvgIpc) is 3.20. The van der Waals surface area contributed by atoms with Crippen LogP contribution in [0.4, 0.5) is 0 Å². The van der Waals surface area contributed by atoms with Gasteiger partial charge in [-0.05, 0) is 24.5 Å². The normalized spacial score (nSPS) is 19.6. The fourth-order valence-corrected chi connectivity index (χ4v) is 4.09. The van der Waals surface area contributed by atoms with E-state index in [4.69, 9.17) is 9.47 Å². The number of rotatable bonds is 4. The molecule has 7 nitrogen and oxygen atoms in total. The predicted octanol–water partition coefficient (Wildman–Crippen LogP) is 1.15. The first-order valence-electron chi connectivity index (χ1n) is 7.51. The van der Waals surface area contributed by atoms with Gasteiger partial charge in [-0.15, -0.1) is 0 Å². The Morgan fingerprint density at radius 3 is 3.09 bits per heavy atom. The Morgan fingerprint density at radius 1 is 1.30 bits per heavy atom. The zero-order valence-corrected chi connectivity index (χ0v) is 13.3. The van der Waals surface area contributed by atoms with Crippen LogP contribution in [0.15, 0.2) is 35.5 Å². The quantitative estimate of drug-likeness (QED) is 0.906. The van der Waals surface area contributed by atoms with E-state index in [0.717, 1.165) is 25.2 Å². The molecule has 2 aliphatic rings. The van der Waals surface area contributed by atoms with Gasteiger partial charge in [0.25, 0.3) is 0 Å². The fraction of sp³-hybridized carbons (Fsp3) is 0.400. The molecule has 23 heavy (non-hydrogen) atoms. The number of aromatic nitrogens is 2. The number of fused-ring (bicyclic) bond motifs is 2. The lowest BCUT2D eigenvalue weighted by molar-refractivity contribution is 0.174. The molecule has 8 heteroatoms. The first-order valence-corrected chi connectivity index (χ1v) is 8.99. The highest BCUT2D eigenvalue weighted by molar-refractivity contribution is 7.89. The van der Waals surface area contributed by atoms with Gasteiger partial charge in [-0.25, -0.2) is 18.1 Å². The van der Waals surface area contributed by atoms with Crippen LogP contribution in [0.2, 0.25) is 0 Å². The standard InChI is InChI=1S/C15H17N3O4S/c19-23(20,12-2-3-13-14(7-12)22-10-21-13)17-8-11-1-4-15-16-5-6-18(15)9-11/h2-3,5-7,11,17H,1,4,8-10H2/t11-/m1/s1. The van der Waals surface area contributed by atoms with E-state index >= 15 is 0 Å². The lowest BCUT2D eigenvalue weighted by atomic mass is 10.00. The minimum atomic E-state index is -3.56. The van der Waals surface area contributed by atoms with Crippen LogP contribution in [0.3, 0.4) is 0 Å². The van der Waals surface area contributed by atoms with E-state index in [1.807, 2.05) is 6.20 Å². The molecule has 0 saturated carbocycles. The SMILES string of the molecule is O=S(=O)(NC[C@H]1CCc2nccn2C1)c1ccc2c(c1)OCO2. The van der Waals surface area contributed by atoms with E-state index in [-0.39, 0.29) is 17.6 Å². The van der Waals surface area contributed by atoms with E-state index in [1.165, 1.54) is 12.1 Å². The van der Waals surface area contributed by atoms with Crippen molar-refractivity contribution in [2.75, 3.05) is 13.3 Å². The maximum atomic E-state index is 12.4. The molecule has 0 amide bonds. The molecule has 1 aromatic carbocycles. The van der Waals surface area contributed by atoms with Crippen molar-refractivity contribution in [2.45, 2.75) is 24.3 Å². The third-order valence-corrected chi connectivity index (χ3v) is 5.67. The zero-order chi connectivity index (χ0) is 15.9. The number of hydrogen-bond donors (Lipinski definition) is 1. The maximum absolute atomic E-state index is 12.4. The second kappa shape index (κ2) is 5.54. The van der Waals surface area contributed by atoms with Gasteiger partial charge in [0.2, 0.25) is 16.8 Å². The van der Waals surface area contributed by atoms with Crippen molar-refractivity contribution in [3.8, 4) is 11.5 Å². The molecule has 0 aliphatic carbocycles. The molecule has 3 heterocycles. The zero-order valence-electron chi connectivity index (χ0n) is 12.4. The van der Waals surface area contributed by atoms with Crippen molar-refractivity contribution in [1.82, 2.24) is 14.3 Å². The fourth-order valence-electron chi connectivity index (χ4n) is 2.96. The maximum Gasteiger partial charge on any atom is 0.240 e. The molecule has 0 spiro atoms.